The predicted molar refractivity (Wildman–Crippen MR) is 84.2 cm³/mol. The second-order valence-electron chi connectivity index (χ2n) is 7.73. The van der Waals surface area contributed by atoms with Gasteiger partial charge >= 0.3 is 0 Å². The van der Waals surface area contributed by atoms with Crippen molar-refractivity contribution >= 4 is 0 Å². The minimum atomic E-state index is 0.440. The van der Waals surface area contributed by atoms with Crippen molar-refractivity contribution in [2.75, 3.05) is 26.2 Å². The molecule has 5 heteroatoms. The number of aromatic nitrogens is 3. The van der Waals surface area contributed by atoms with Crippen LogP contribution in [0.25, 0.3) is 0 Å². The van der Waals surface area contributed by atoms with Gasteiger partial charge in [0.2, 0.25) is 0 Å². The van der Waals surface area contributed by atoms with E-state index in [-0.39, 0.29) is 0 Å². The maximum atomic E-state index is 4.49. The number of hydrogen-bond donors (Lipinski definition) is 1. The van der Waals surface area contributed by atoms with Crippen LogP contribution in [0, 0.1) is 5.41 Å². The minimum absolute atomic E-state index is 0.440. The molecule has 3 heterocycles. The number of nitrogens with zero attached hydrogens (tertiary/aromatic N) is 4. The average molecular weight is 291 g/mol. The van der Waals surface area contributed by atoms with Gasteiger partial charge in [-0.1, -0.05) is 20.8 Å². The molecule has 1 fully saturated rings. The molecule has 1 aromatic heterocycles. The fraction of sp³-hybridized carbons (Fsp3) is 0.875. The fourth-order valence-electron chi connectivity index (χ4n) is 3.32. The lowest BCUT2D eigenvalue weighted by molar-refractivity contribution is 0.181. The van der Waals surface area contributed by atoms with E-state index in [1.165, 1.54) is 44.7 Å². The summed E-state index contributed by atoms with van der Waals surface area (Å²) in [6.45, 7) is 13.6. The van der Waals surface area contributed by atoms with Crippen molar-refractivity contribution in [3.63, 3.8) is 0 Å². The Hall–Kier alpha value is -0.940. The van der Waals surface area contributed by atoms with Crippen LogP contribution in [0.5, 0.6) is 0 Å². The molecule has 0 unspecified atom stereocenters. The van der Waals surface area contributed by atoms with E-state index in [9.17, 15) is 0 Å². The summed E-state index contributed by atoms with van der Waals surface area (Å²) >= 11 is 0. The van der Waals surface area contributed by atoms with E-state index in [1.807, 2.05) is 0 Å². The van der Waals surface area contributed by atoms with Crippen LogP contribution in [0.1, 0.15) is 57.6 Å². The molecule has 1 saturated heterocycles. The van der Waals surface area contributed by atoms with Gasteiger partial charge in [-0.3, -0.25) is 0 Å². The Bertz CT molecular complexity index is 466. The van der Waals surface area contributed by atoms with Gasteiger partial charge in [0, 0.05) is 19.0 Å². The molecule has 1 aromatic rings. The van der Waals surface area contributed by atoms with E-state index in [4.69, 9.17) is 0 Å². The minimum Gasteiger partial charge on any atom is -0.312 e. The standard InChI is InChI=1S/C16H29N5/c1-16(2,3)6-10-20-8-4-13(5-9-20)15-19-18-14-12-17-7-11-21(14)15/h13,17H,4-12H2,1-3H3. The predicted octanol–water partition coefficient (Wildman–Crippen LogP) is 2.00. The van der Waals surface area contributed by atoms with Crippen molar-refractivity contribution in [2.45, 2.75) is 59.0 Å². The first-order valence-corrected chi connectivity index (χ1v) is 8.38. The zero-order valence-corrected chi connectivity index (χ0v) is 13.7. The molecule has 0 radical (unpaired) electrons. The molecule has 21 heavy (non-hydrogen) atoms. The lowest BCUT2D eigenvalue weighted by atomic mass is 9.90. The lowest BCUT2D eigenvalue weighted by Crippen LogP contribution is -2.36. The number of fused-ring (bicyclic) bond motifs is 1. The van der Waals surface area contributed by atoms with E-state index in [1.54, 1.807) is 0 Å². The van der Waals surface area contributed by atoms with Gasteiger partial charge in [0.05, 0.1) is 6.54 Å². The summed E-state index contributed by atoms with van der Waals surface area (Å²) in [7, 11) is 0. The summed E-state index contributed by atoms with van der Waals surface area (Å²) < 4.78 is 2.35. The smallest absolute Gasteiger partial charge is 0.147 e. The second kappa shape index (κ2) is 6.05. The third-order valence-electron chi connectivity index (χ3n) is 4.78. The summed E-state index contributed by atoms with van der Waals surface area (Å²) in [6, 6.07) is 0. The van der Waals surface area contributed by atoms with Gasteiger partial charge in [0.15, 0.2) is 0 Å². The van der Waals surface area contributed by atoms with Crippen molar-refractivity contribution in [1.29, 1.82) is 0 Å². The highest BCUT2D eigenvalue weighted by Gasteiger charge is 2.27. The van der Waals surface area contributed by atoms with Gasteiger partial charge in [-0.25, -0.2) is 0 Å². The van der Waals surface area contributed by atoms with Crippen LogP contribution in [-0.4, -0.2) is 45.8 Å². The maximum absolute atomic E-state index is 4.49. The van der Waals surface area contributed by atoms with Gasteiger partial charge in [0.25, 0.3) is 0 Å². The number of nitrogens with one attached hydrogen (secondary N) is 1. The fourth-order valence-corrected chi connectivity index (χ4v) is 3.32. The Kier molecular flexibility index (Phi) is 4.31. The van der Waals surface area contributed by atoms with E-state index in [0.29, 0.717) is 11.3 Å². The largest absolute Gasteiger partial charge is 0.312 e. The first-order valence-electron chi connectivity index (χ1n) is 8.38. The number of rotatable bonds is 3. The number of hydrogen-bond acceptors (Lipinski definition) is 4. The highest BCUT2D eigenvalue weighted by molar-refractivity contribution is 5.05. The normalized spacial score (nSPS) is 21.5. The van der Waals surface area contributed by atoms with E-state index >= 15 is 0 Å². The van der Waals surface area contributed by atoms with E-state index in [0.717, 1.165) is 25.5 Å². The van der Waals surface area contributed by atoms with Crippen molar-refractivity contribution in [3.05, 3.63) is 11.6 Å². The number of piperidine rings is 1. The Morgan fingerprint density at radius 3 is 2.62 bits per heavy atom. The summed E-state index contributed by atoms with van der Waals surface area (Å²) in [4.78, 5) is 2.62. The van der Waals surface area contributed by atoms with Crippen molar-refractivity contribution < 1.29 is 0 Å². The molecule has 118 valence electrons. The molecule has 0 aromatic carbocycles. The SMILES string of the molecule is CC(C)(C)CCN1CCC(c2nnc3n2CCNC3)CC1. The lowest BCUT2D eigenvalue weighted by Gasteiger charge is -2.33. The first-order chi connectivity index (χ1) is 10.0. The van der Waals surface area contributed by atoms with Crippen molar-refractivity contribution in [3.8, 4) is 0 Å². The van der Waals surface area contributed by atoms with Crippen LogP contribution in [0.4, 0.5) is 0 Å². The molecular formula is C16H29N5. The van der Waals surface area contributed by atoms with Gasteiger partial charge in [-0.05, 0) is 44.3 Å². The van der Waals surface area contributed by atoms with Crippen LogP contribution in [0.3, 0.4) is 0 Å². The van der Waals surface area contributed by atoms with Gasteiger partial charge in [-0.15, -0.1) is 10.2 Å². The molecule has 0 saturated carbocycles. The number of likely N-dealkylation sites (tertiary alicyclic amines) is 1. The van der Waals surface area contributed by atoms with Crippen LogP contribution in [0.2, 0.25) is 0 Å². The summed E-state index contributed by atoms with van der Waals surface area (Å²) in [6.07, 6.45) is 3.75. The van der Waals surface area contributed by atoms with Crippen LogP contribution < -0.4 is 5.32 Å². The van der Waals surface area contributed by atoms with Crippen molar-refractivity contribution in [1.82, 2.24) is 25.0 Å². The molecule has 2 aliphatic rings. The molecule has 0 aliphatic carbocycles. The Morgan fingerprint density at radius 2 is 1.90 bits per heavy atom. The Labute approximate surface area is 128 Å². The van der Waals surface area contributed by atoms with Crippen LogP contribution in [0.15, 0.2) is 0 Å². The summed E-state index contributed by atoms with van der Waals surface area (Å²) in [5.41, 5.74) is 0.440. The molecule has 2 aliphatic heterocycles. The van der Waals surface area contributed by atoms with Gasteiger partial charge in [0.1, 0.15) is 11.6 Å². The highest BCUT2D eigenvalue weighted by Crippen LogP contribution is 2.28. The van der Waals surface area contributed by atoms with Gasteiger partial charge in [-0.2, -0.15) is 0 Å². The first kappa shape index (κ1) is 15.0. The molecule has 0 spiro atoms. The maximum Gasteiger partial charge on any atom is 0.147 e. The summed E-state index contributed by atoms with van der Waals surface area (Å²) in [5.74, 6) is 2.96. The summed E-state index contributed by atoms with van der Waals surface area (Å²) in [5, 5.41) is 12.2. The average Bonchev–Trinajstić information content (AvgIpc) is 2.89. The van der Waals surface area contributed by atoms with Gasteiger partial charge < -0.3 is 14.8 Å². The topological polar surface area (TPSA) is 46.0 Å². The molecule has 0 atom stereocenters. The second-order valence-corrected chi connectivity index (χ2v) is 7.73. The molecular weight excluding hydrogens is 262 g/mol. The zero-order chi connectivity index (χ0) is 14.9. The monoisotopic (exact) mass is 291 g/mol. The molecule has 5 nitrogen and oxygen atoms in total. The van der Waals surface area contributed by atoms with Crippen molar-refractivity contribution in [2.24, 2.45) is 5.41 Å². The third-order valence-corrected chi connectivity index (χ3v) is 4.78. The molecule has 1 N–H and O–H groups in total. The van der Waals surface area contributed by atoms with Crippen LogP contribution in [-0.2, 0) is 13.1 Å². The van der Waals surface area contributed by atoms with E-state index in [2.05, 4.69) is 45.8 Å². The molecule has 0 amide bonds. The Morgan fingerprint density at radius 1 is 1.14 bits per heavy atom. The zero-order valence-electron chi connectivity index (χ0n) is 13.7. The highest BCUT2D eigenvalue weighted by atomic mass is 15.3. The van der Waals surface area contributed by atoms with E-state index < -0.39 is 0 Å². The molecule has 3 rings (SSSR count). The Balaban J connectivity index is 1.55. The molecule has 0 bridgehead atoms. The quantitative estimate of drug-likeness (QED) is 0.925. The van der Waals surface area contributed by atoms with Crippen LogP contribution >= 0.6 is 0 Å². The third kappa shape index (κ3) is 3.64.